The molecule has 0 atom stereocenters. The first kappa shape index (κ1) is 15.7. The molecule has 1 aromatic carbocycles. The lowest BCUT2D eigenvalue weighted by Gasteiger charge is -2.09. The van der Waals surface area contributed by atoms with Gasteiger partial charge in [0, 0.05) is 6.54 Å². The second kappa shape index (κ2) is 7.93. The Morgan fingerprint density at radius 3 is 2.55 bits per heavy atom. The zero-order valence-corrected chi connectivity index (χ0v) is 11.6. The summed E-state index contributed by atoms with van der Waals surface area (Å²) in [6.07, 6.45) is 0.782. The third kappa shape index (κ3) is 5.09. The number of imide groups is 1. The summed E-state index contributed by atoms with van der Waals surface area (Å²) in [7, 11) is 0. The molecule has 0 unspecified atom stereocenters. The van der Waals surface area contributed by atoms with Crippen LogP contribution in [0.5, 0.6) is 5.75 Å². The number of amides is 3. The highest BCUT2D eigenvalue weighted by molar-refractivity contribution is 5.97. The van der Waals surface area contributed by atoms with Gasteiger partial charge in [-0.25, -0.2) is 4.79 Å². The van der Waals surface area contributed by atoms with Crippen molar-refractivity contribution in [2.45, 2.75) is 20.3 Å². The topological polar surface area (TPSA) is 84.5 Å². The maximum absolute atomic E-state index is 11.5. The summed E-state index contributed by atoms with van der Waals surface area (Å²) in [5, 5.41) is 4.65. The minimum absolute atomic E-state index is 0.151. The lowest BCUT2D eigenvalue weighted by Crippen LogP contribution is -2.41. The summed E-state index contributed by atoms with van der Waals surface area (Å²) in [5.41, 5.74) is 0.399. The second-order valence-corrected chi connectivity index (χ2v) is 4.15. The molecule has 0 heterocycles. The van der Waals surface area contributed by atoms with Crippen molar-refractivity contribution in [3.8, 4) is 5.75 Å². The molecule has 6 heteroatoms. The number of nitrogens with one attached hydrogen (secondary N) is 2. The normalized spacial score (nSPS) is 9.70. The van der Waals surface area contributed by atoms with Crippen LogP contribution in [0.3, 0.4) is 0 Å². The number of hydrogen-bond donors (Lipinski definition) is 2. The van der Waals surface area contributed by atoms with Crippen LogP contribution in [-0.4, -0.2) is 30.9 Å². The molecule has 1 rings (SSSR count). The van der Waals surface area contributed by atoms with Crippen LogP contribution < -0.4 is 15.4 Å². The Bertz CT molecular complexity index is 500. The molecule has 0 aliphatic carbocycles. The molecule has 0 bridgehead atoms. The molecule has 20 heavy (non-hydrogen) atoms. The van der Waals surface area contributed by atoms with Gasteiger partial charge in [0.1, 0.15) is 5.75 Å². The van der Waals surface area contributed by atoms with Crippen molar-refractivity contribution in [3.63, 3.8) is 0 Å². The van der Waals surface area contributed by atoms with Crippen molar-refractivity contribution in [1.82, 2.24) is 10.6 Å². The Morgan fingerprint density at radius 1 is 1.20 bits per heavy atom. The summed E-state index contributed by atoms with van der Waals surface area (Å²) in [6, 6.07) is 6.07. The molecule has 0 spiro atoms. The van der Waals surface area contributed by atoms with Crippen LogP contribution in [0.4, 0.5) is 4.79 Å². The first-order valence-electron chi connectivity index (χ1n) is 6.35. The molecule has 3 amide bonds. The quantitative estimate of drug-likeness (QED) is 0.772. The number of ether oxygens (including phenoxy) is 1. The van der Waals surface area contributed by atoms with Crippen molar-refractivity contribution in [1.29, 1.82) is 0 Å². The van der Waals surface area contributed by atoms with Gasteiger partial charge in [0.05, 0.1) is 5.56 Å². The number of carbonyl (C=O) groups is 3. The first-order valence-corrected chi connectivity index (χ1v) is 6.35. The van der Waals surface area contributed by atoms with Gasteiger partial charge in [-0.05, 0) is 25.5 Å². The van der Waals surface area contributed by atoms with Crippen LogP contribution in [-0.2, 0) is 4.79 Å². The number of rotatable bonds is 6. The molecule has 0 fully saturated rings. The number of urea groups is 1. The van der Waals surface area contributed by atoms with Crippen molar-refractivity contribution < 1.29 is 19.1 Å². The predicted molar refractivity (Wildman–Crippen MR) is 73.8 cm³/mol. The lowest BCUT2D eigenvalue weighted by atomic mass is 10.1. The van der Waals surface area contributed by atoms with Crippen LogP contribution in [0.1, 0.15) is 30.6 Å². The summed E-state index contributed by atoms with van der Waals surface area (Å²) in [4.78, 5) is 34.1. The van der Waals surface area contributed by atoms with E-state index in [0.717, 1.165) is 6.42 Å². The molecule has 0 aliphatic rings. The van der Waals surface area contributed by atoms with Crippen LogP contribution in [0.25, 0.3) is 0 Å². The summed E-state index contributed by atoms with van der Waals surface area (Å²) < 4.78 is 5.25. The summed E-state index contributed by atoms with van der Waals surface area (Å²) in [5.74, 6) is -0.400. The Kier molecular flexibility index (Phi) is 6.22. The van der Waals surface area contributed by atoms with Crippen LogP contribution in [0, 0.1) is 0 Å². The van der Waals surface area contributed by atoms with Crippen molar-refractivity contribution in [2.24, 2.45) is 0 Å². The van der Waals surface area contributed by atoms with E-state index >= 15 is 0 Å². The Hall–Kier alpha value is -2.37. The van der Waals surface area contributed by atoms with Gasteiger partial charge in [-0.3, -0.25) is 14.9 Å². The third-order valence-corrected chi connectivity index (χ3v) is 2.41. The second-order valence-electron chi connectivity index (χ2n) is 4.15. The van der Waals surface area contributed by atoms with E-state index < -0.39 is 11.9 Å². The minimum atomic E-state index is -0.572. The standard InChI is InChI=1S/C14H18N2O4/c1-3-8-15-14(19)16-13(18)9-20-12-7-5-4-6-11(12)10(2)17/h4-7H,3,8-9H2,1-2H3,(H2,15,16,18,19). The highest BCUT2D eigenvalue weighted by Gasteiger charge is 2.11. The fourth-order valence-electron chi connectivity index (χ4n) is 1.47. The van der Waals surface area contributed by atoms with Gasteiger partial charge in [0.2, 0.25) is 0 Å². The Labute approximate surface area is 117 Å². The van der Waals surface area contributed by atoms with E-state index in [9.17, 15) is 14.4 Å². The SMILES string of the molecule is CCCNC(=O)NC(=O)COc1ccccc1C(C)=O. The Balaban J connectivity index is 2.49. The van der Waals surface area contributed by atoms with E-state index in [1.807, 2.05) is 6.92 Å². The first-order chi connectivity index (χ1) is 9.54. The smallest absolute Gasteiger partial charge is 0.321 e. The van der Waals surface area contributed by atoms with E-state index in [4.69, 9.17) is 4.74 Å². The van der Waals surface area contributed by atoms with Crippen LogP contribution in [0.2, 0.25) is 0 Å². The molecule has 6 nitrogen and oxygen atoms in total. The largest absolute Gasteiger partial charge is 0.483 e. The number of Topliss-reactive ketones (excluding diaryl/α,β-unsaturated/α-hetero) is 1. The fourth-order valence-corrected chi connectivity index (χ4v) is 1.47. The van der Waals surface area contributed by atoms with Gasteiger partial charge in [-0.1, -0.05) is 19.1 Å². The maximum Gasteiger partial charge on any atom is 0.321 e. The van der Waals surface area contributed by atoms with Gasteiger partial charge in [0.25, 0.3) is 5.91 Å². The van der Waals surface area contributed by atoms with Gasteiger partial charge in [0.15, 0.2) is 12.4 Å². The molecule has 0 aliphatic heterocycles. The molecule has 1 aromatic rings. The van der Waals surface area contributed by atoms with Gasteiger partial charge < -0.3 is 10.1 Å². The molecule has 2 N–H and O–H groups in total. The van der Waals surface area contributed by atoms with Gasteiger partial charge >= 0.3 is 6.03 Å². The molecular formula is C14H18N2O4. The predicted octanol–water partition coefficient (Wildman–Crippen LogP) is 1.50. The van der Waals surface area contributed by atoms with Crippen molar-refractivity contribution >= 4 is 17.7 Å². The monoisotopic (exact) mass is 278 g/mol. The molecule has 0 saturated carbocycles. The van der Waals surface area contributed by atoms with E-state index in [-0.39, 0.29) is 12.4 Å². The average Bonchev–Trinajstić information content (AvgIpc) is 2.43. The average molecular weight is 278 g/mol. The van der Waals surface area contributed by atoms with E-state index in [1.54, 1.807) is 24.3 Å². The highest BCUT2D eigenvalue weighted by Crippen LogP contribution is 2.17. The zero-order chi connectivity index (χ0) is 15.0. The zero-order valence-electron chi connectivity index (χ0n) is 11.6. The summed E-state index contributed by atoms with van der Waals surface area (Å²) >= 11 is 0. The van der Waals surface area contributed by atoms with E-state index in [1.165, 1.54) is 6.92 Å². The molecule has 0 saturated heterocycles. The number of carbonyl (C=O) groups excluding carboxylic acids is 3. The van der Waals surface area contributed by atoms with Crippen LogP contribution >= 0.6 is 0 Å². The molecule has 0 radical (unpaired) electrons. The number of hydrogen-bond acceptors (Lipinski definition) is 4. The third-order valence-electron chi connectivity index (χ3n) is 2.41. The molecular weight excluding hydrogens is 260 g/mol. The minimum Gasteiger partial charge on any atom is -0.483 e. The van der Waals surface area contributed by atoms with Gasteiger partial charge in [-0.15, -0.1) is 0 Å². The van der Waals surface area contributed by atoms with E-state index in [0.29, 0.717) is 17.9 Å². The highest BCUT2D eigenvalue weighted by atomic mass is 16.5. The number of benzene rings is 1. The maximum atomic E-state index is 11.5. The van der Waals surface area contributed by atoms with Crippen molar-refractivity contribution in [3.05, 3.63) is 29.8 Å². The number of para-hydroxylation sites is 1. The van der Waals surface area contributed by atoms with Gasteiger partial charge in [-0.2, -0.15) is 0 Å². The van der Waals surface area contributed by atoms with E-state index in [2.05, 4.69) is 10.6 Å². The lowest BCUT2D eigenvalue weighted by molar-refractivity contribution is -0.122. The summed E-state index contributed by atoms with van der Waals surface area (Å²) in [6.45, 7) is 3.49. The van der Waals surface area contributed by atoms with Crippen molar-refractivity contribution in [2.75, 3.05) is 13.2 Å². The number of ketones is 1. The van der Waals surface area contributed by atoms with Crippen LogP contribution in [0.15, 0.2) is 24.3 Å². The fraction of sp³-hybridized carbons (Fsp3) is 0.357. The Morgan fingerprint density at radius 2 is 1.90 bits per heavy atom. The molecule has 0 aromatic heterocycles. The molecule has 108 valence electrons.